The van der Waals surface area contributed by atoms with Gasteiger partial charge in [0.05, 0.1) is 13.0 Å². The summed E-state index contributed by atoms with van der Waals surface area (Å²) in [6.07, 6.45) is 2.86. The lowest BCUT2D eigenvalue weighted by atomic mass is 9.90. The maximum Gasteiger partial charge on any atom is 0.304 e. The summed E-state index contributed by atoms with van der Waals surface area (Å²) in [7, 11) is 0. The third-order valence-corrected chi connectivity index (χ3v) is 3.88. The number of aliphatic carboxylic acids is 1. The van der Waals surface area contributed by atoms with Gasteiger partial charge in [-0.3, -0.25) is 4.79 Å². The lowest BCUT2D eigenvalue weighted by Crippen LogP contribution is -2.14. The molecule has 0 unspecified atom stereocenters. The average molecular weight is 253 g/mol. The Kier molecular flexibility index (Phi) is 2.33. The molecule has 90 valence electrons. The minimum absolute atomic E-state index is 0.170. The Bertz CT molecular complexity index is 492. The van der Waals surface area contributed by atoms with Gasteiger partial charge in [-0.05, 0) is 30.5 Å². The van der Waals surface area contributed by atoms with E-state index in [0.29, 0.717) is 11.6 Å². The third-order valence-electron chi connectivity index (χ3n) is 3.66. The molecule has 1 aliphatic heterocycles. The molecule has 2 aliphatic rings. The number of carbonyl (C=O) groups is 1. The molecule has 1 saturated carbocycles. The Morgan fingerprint density at radius 3 is 2.88 bits per heavy atom. The van der Waals surface area contributed by atoms with E-state index in [-0.39, 0.29) is 11.8 Å². The van der Waals surface area contributed by atoms with Crippen molar-refractivity contribution in [3.05, 3.63) is 28.3 Å². The van der Waals surface area contributed by atoms with Gasteiger partial charge in [-0.25, -0.2) is 0 Å². The molecule has 1 N–H and O–H groups in total. The molecular weight excluding hydrogens is 240 g/mol. The van der Waals surface area contributed by atoms with Crippen LogP contribution in [0.3, 0.4) is 0 Å². The average Bonchev–Trinajstić information content (AvgIpc) is 2.87. The summed E-state index contributed by atoms with van der Waals surface area (Å²) in [5.74, 6) is 0.127. The maximum absolute atomic E-state index is 10.9. The molecule has 0 amide bonds. The molecule has 0 atom stereocenters. The molecule has 1 heterocycles. The number of carboxylic acids is 1. The van der Waals surface area contributed by atoms with Crippen LogP contribution in [0.4, 0.5) is 0 Å². The van der Waals surface area contributed by atoms with Crippen molar-refractivity contribution < 1.29 is 14.6 Å². The van der Waals surface area contributed by atoms with E-state index in [1.807, 2.05) is 12.1 Å². The largest absolute Gasteiger partial charge is 0.493 e. The van der Waals surface area contributed by atoms with E-state index in [9.17, 15) is 4.79 Å². The highest BCUT2D eigenvalue weighted by Crippen LogP contribution is 2.55. The van der Waals surface area contributed by atoms with E-state index >= 15 is 0 Å². The van der Waals surface area contributed by atoms with E-state index < -0.39 is 5.97 Å². The number of benzene rings is 1. The van der Waals surface area contributed by atoms with Crippen molar-refractivity contribution in [2.75, 3.05) is 6.61 Å². The highest BCUT2D eigenvalue weighted by atomic mass is 35.5. The van der Waals surface area contributed by atoms with Gasteiger partial charge in [0.25, 0.3) is 0 Å². The summed E-state index contributed by atoms with van der Waals surface area (Å²) >= 11 is 6.10. The molecular formula is C13H13ClO3. The number of fused-ring (bicyclic) bond motifs is 1. The summed E-state index contributed by atoms with van der Waals surface area (Å²) in [5, 5.41) is 9.68. The van der Waals surface area contributed by atoms with Crippen molar-refractivity contribution in [2.45, 2.75) is 31.1 Å². The lowest BCUT2D eigenvalue weighted by molar-refractivity contribution is -0.137. The van der Waals surface area contributed by atoms with Gasteiger partial charge in [0.1, 0.15) is 5.75 Å². The van der Waals surface area contributed by atoms with Crippen molar-refractivity contribution in [2.24, 2.45) is 0 Å². The number of carboxylic acid groups (broad SMARTS) is 1. The van der Waals surface area contributed by atoms with Crippen LogP contribution in [0.25, 0.3) is 0 Å². The Balaban J connectivity index is 2.06. The van der Waals surface area contributed by atoms with Gasteiger partial charge in [-0.15, -0.1) is 0 Å². The second-order valence-corrected chi connectivity index (χ2v) is 5.33. The van der Waals surface area contributed by atoms with Crippen LogP contribution in [-0.2, 0) is 16.6 Å². The molecule has 0 saturated heterocycles. The first-order valence-corrected chi connectivity index (χ1v) is 6.16. The SMILES string of the molecule is O=C(O)CC1(c2cc(Cl)cc3c2OCC3)CC1. The normalized spacial score (nSPS) is 19.6. The van der Waals surface area contributed by atoms with Gasteiger partial charge < -0.3 is 9.84 Å². The smallest absolute Gasteiger partial charge is 0.304 e. The third kappa shape index (κ3) is 1.78. The van der Waals surface area contributed by atoms with Crippen molar-refractivity contribution in [1.29, 1.82) is 0 Å². The second-order valence-electron chi connectivity index (χ2n) is 4.89. The molecule has 3 rings (SSSR count). The first-order valence-electron chi connectivity index (χ1n) is 5.78. The number of halogens is 1. The van der Waals surface area contributed by atoms with Crippen LogP contribution in [0.2, 0.25) is 5.02 Å². The fraction of sp³-hybridized carbons (Fsp3) is 0.462. The van der Waals surface area contributed by atoms with Crippen molar-refractivity contribution >= 4 is 17.6 Å². The number of rotatable bonds is 3. The first kappa shape index (κ1) is 10.9. The Labute approximate surface area is 104 Å². The zero-order valence-electron chi connectivity index (χ0n) is 9.33. The van der Waals surface area contributed by atoms with E-state index in [4.69, 9.17) is 21.4 Å². The molecule has 0 bridgehead atoms. The van der Waals surface area contributed by atoms with Gasteiger partial charge in [-0.1, -0.05) is 11.6 Å². The summed E-state index contributed by atoms with van der Waals surface area (Å²) in [6, 6.07) is 3.80. The minimum atomic E-state index is -0.755. The molecule has 0 aromatic heterocycles. The van der Waals surface area contributed by atoms with E-state index in [0.717, 1.165) is 36.1 Å². The van der Waals surface area contributed by atoms with Gasteiger partial charge in [0.15, 0.2) is 0 Å². The monoisotopic (exact) mass is 252 g/mol. The molecule has 1 aromatic carbocycles. The van der Waals surface area contributed by atoms with Gasteiger partial charge >= 0.3 is 5.97 Å². The molecule has 4 heteroatoms. The minimum Gasteiger partial charge on any atom is -0.493 e. The van der Waals surface area contributed by atoms with E-state index in [1.165, 1.54) is 0 Å². The van der Waals surface area contributed by atoms with Crippen LogP contribution in [0.15, 0.2) is 12.1 Å². The lowest BCUT2D eigenvalue weighted by Gasteiger charge is -2.17. The van der Waals surface area contributed by atoms with Crippen LogP contribution in [0.5, 0.6) is 5.75 Å². The van der Waals surface area contributed by atoms with Gasteiger partial charge in [0, 0.05) is 22.4 Å². The quantitative estimate of drug-likeness (QED) is 0.900. The Hall–Kier alpha value is -1.22. The number of hydrogen-bond donors (Lipinski definition) is 1. The Morgan fingerprint density at radius 2 is 2.24 bits per heavy atom. The summed E-state index contributed by atoms with van der Waals surface area (Å²) in [4.78, 5) is 10.9. The fourth-order valence-corrected chi connectivity index (χ4v) is 2.89. The highest BCUT2D eigenvalue weighted by Gasteiger charge is 2.48. The van der Waals surface area contributed by atoms with E-state index in [2.05, 4.69) is 0 Å². The second kappa shape index (κ2) is 3.64. The zero-order chi connectivity index (χ0) is 12.0. The van der Waals surface area contributed by atoms with E-state index in [1.54, 1.807) is 0 Å². The summed E-state index contributed by atoms with van der Waals surface area (Å²) < 4.78 is 5.64. The Morgan fingerprint density at radius 1 is 1.47 bits per heavy atom. The molecule has 0 radical (unpaired) electrons. The summed E-state index contributed by atoms with van der Waals surface area (Å²) in [5.41, 5.74) is 1.88. The topological polar surface area (TPSA) is 46.5 Å². The van der Waals surface area contributed by atoms with Crippen LogP contribution in [0, 0.1) is 0 Å². The van der Waals surface area contributed by atoms with Crippen LogP contribution in [0.1, 0.15) is 30.4 Å². The molecule has 3 nitrogen and oxygen atoms in total. The van der Waals surface area contributed by atoms with Crippen molar-refractivity contribution in [3.8, 4) is 5.75 Å². The van der Waals surface area contributed by atoms with Crippen LogP contribution >= 0.6 is 11.6 Å². The predicted octanol–water partition coefficient (Wildman–Crippen LogP) is 2.78. The van der Waals surface area contributed by atoms with Crippen LogP contribution < -0.4 is 4.74 Å². The molecule has 1 fully saturated rings. The van der Waals surface area contributed by atoms with Crippen molar-refractivity contribution in [1.82, 2.24) is 0 Å². The standard InChI is InChI=1S/C13H13ClO3/c14-9-5-8-1-4-17-12(8)10(6-9)13(2-3-13)7-11(15)16/h5-6H,1-4,7H2,(H,15,16). The molecule has 1 aromatic rings. The highest BCUT2D eigenvalue weighted by molar-refractivity contribution is 6.30. The summed E-state index contributed by atoms with van der Waals surface area (Å²) in [6.45, 7) is 0.672. The van der Waals surface area contributed by atoms with Gasteiger partial charge in [0.2, 0.25) is 0 Å². The molecule has 1 aliphatic carbocycles. The first-order chi connectivity index (χ1) is 8.11. The predicted molar refractivity (Wildman–Crippen MR) is 63.8 cm³/mol. The fourth-order valence-electron chi connectivity index (χ4n) is 2.64. The van der Waals surface area contributed by atoms with Crippen molar-refractivity contribution in [3.63, 3.8) is 0 Å². The van der Waals surface area contributed by atoms with Gasteiger partial charge in [-0.2, -0.15) is 0 Å². The van der Waals surface area contributed by atoms with Crippen LogP contribution in [-0.4, -0.2) is 17.7 Å². The molecule has 17 heavy (non-hydrogen) atoms. The zero-order valence-corrected chi connectivity index (χ0v) is 10.1. The number of hydrogen-bond acceptors (Lipinski definition) is 2. The molecule has 0 spiro atoms. The number of ether oxygens (including phenoxy) is 1. The maximum atomic E-state index is 10.9.